The van der Waals surface area contributed by atoms with Gasteiger partial charge < -0.3 is 30.3 Å². The van der Waals surface area contributed by atoms with Gasteiger partial charge >= 0.3 is 6.03 Å². The minimum Gasteiger partial charge on any atom is -0.386 e. The second kappa shape index (κ2) is 7.64. The van der Waals surface area contributed by atoms with Gasteiger partial charge in [0, 0.05) is 37.6 Å². The SMILES string of the molecule is CNc1cc2nc3c1ncn3C(=O)N[C@@H]1C[C@H]1OCc1cc(cc(N3CCOCC3)c1)N2. The Morgan fingerprint density at radius 3 is 2.91 bits per heavy atom. The van der Waals surface area contributed by atoms with Crippen molar-refractivity contribution in [3.05, 3.63) is 36.2 Å². The molecule has 10 nitrogen and oxygen atoms in total. The van der Waals surface area contributed by atoms with Crippen LogP contribution in [0.15, 0.2) is 30.6 Å². The zero-order chi connectivity index (χ0) is 21.7. The normalized spacial score (nSPS) is 22.7. The number of benzene rings is 1. The van der Waals surface area contributed by atoms with Crippen molar-refractivity contribution in [1.29, 1.82) is 0 Å². The zero-order valence-electron chi connectivity index (χ0n) is 17.8. The Bertz CT molecular complexity index is 1190. The van der Waals surface area contributed by atoms with Gasteiger partial charge in [-0.3, -0.25) is 0 Å². The molecule has 32 heavy (non-hydrogen) atoms. The molecule has 1 amide bonds. The molecule has 2 aromatic heterocycles. The minimum atomic E-state index is -0.250. The van der Waals surface area contributed by atoms with Crippen LogP contribution in [0.5, 0.6) is 0 Å². The maximum Gasteiger partial charge on any atom is 0.328 e. The van der Waals surface area contributed by atoms with E-state index in [1.54, 1.807) is 0 Å². The third kappa shape index (κ3) is 3.51. The van der Waals surface area contributed by atoms with Gasteiger partial charge in [-0.2, -0.15) is 0 Å². The summed E-state index contributed by atoms with van der Waals surface area (Å²) < 4.78 is 13.1. The van der Waals surface area contributed by atoms with Crippen LogP contribution in [0.2, 0.25) is 0 Å². The molecule has 1 saturated carbocycles. The van der Waals surface area contributed by atoms with Crippen LogP contribution >= 0.6 is 0 Å². The first-order valence-electron chi connectivity index (χ1n) is 10.9. The summed E-state index contributed by atoms with van der Waals surface area (Å²) in [7, 11) is 1.83. The lowest BCUT2D eigenvalue weighted by Gasteiger charge is -2.29. The Morgan fingerprint density at radius 1 is 1.19 bits per heavy atom. The molecule has 0 unspecified atom stereocenters. The summed E-state index contributed by atoms with van der Waals surface area (Å²) in [4.78, 5) is 24.3. The van der Waals surface area contributed by atoms with E-state index in [4.69, 9.17) is 14.5 Å². The number of nitrogens with one attached hydrogen (secondary N) is 3. The molecule has 3 aliphatic rings. The highest BCUT2D eigenvalue weighted by Crippen LogP contribution is 2.32. The van der Waals surface area contributed by atoms with Gasteiger partial charge in [0.25, 0.3) is 0 Å². The number of ether oxygens (including phenoxy) is 2. The number of carbonyl (C=O) groups is 1. The molecule has 2 aliphatic heterocycles. The monoisotopic (exact) mass is 435 g/mol. The number of carbonyl (C=O) groups excluding carboxylic acids is 1. The molecule has 3 N–H and O–H groups in total. The average Bonchev–Trinajstić information content (AvgIpc) is 3.41. The summed E-state index contributed by atoms with van der Waals surface area (Å²) in [6.45, 7) is 3.64. The van der Waals surface area contributed by atoms with E-state index in [2.05, 4.69) is 44.0 Å². The van der Waals surface area contributed by atoms with Crippen LogP contribution in [0.3, 0.4) is 0 Å². The van der Waals surface area contributed by atoms with Crippen LogP contribution < -0.4 is 20.9 Å². The van der Waals surface area contributed by atoms with E-state index in [9.17, 15) is 4.79 Å². The van der Waals surface area contributed by atoms with E-state index in [1.807, 2.05) is 13.1 Å². The fourth-order valence-electron chi connectivity index (χ4n) is 4.31. The minimum absolute atomic E-state index is 0.00475. The van der Waals surface area contributed by atoms with Gasteiger partial charge in [-0.1, -0.05) is 0 Å². The van der Waals surface area contributed by atoms with Crippen LogP contribution in [0.1, 0.15) is 12.0 Å². The van der Waals surface area contributed by atoms with Gasteiger partial charge in [-0.25, -0.2) is 19.3 Å². The maximum atomic E-state index is 12.8. The molecular weight excluding hydrogens is 410 g/mol. The Balaban J connectivity index is 1.45. The van der Waals surface area contributed by atoms with Gasteiger partial charge in [0.15, 0.2) is 5.65 Å². The number of amides is 1. The molecule has 1 aromatic carbocycles. The number of hydrogen-bond donors (Lipinski definition) is 3. The first-order valence-corrected chi connectivity index (χ1v) is 10.9. The number of pyridine rings is 1. The molecule has 3 aromatic rings. The van der Waals surface area contributed by atoms with Crippen molar-refractivity contribution in [3.8, 4) is 0 Å². The topological polar surface area (TPSA) is 106 Å². The standard InChI is InChI=1S/C22H25N7O3/c1-23-17-10-19-25-14-6-13(7-15(8-14)28-2-4-31-5-3-28)11-32-18-9-16(18)26-22(30)29-12-24-20(17)21(29)27-19/h6-8,10,12,16,18H,2-5,9,11H2,1H3,(H,26,30)(H2,23,25,27)/t16-,18-/m1/s1. The van der Waals surface area contributed by atoms with E-state index in [0.717, 1.165) is 55.3 Å². The summed E-state index contributed by atoms with van der Waals surface area (Å²) >= 11 is 0. The van der Waals surface area contributed by atoms with Gasteiger partial charge in [0.2, 0.25) is 0 Å². The Hall–Kier alpha value is -3.37. The second-order valence-corrected chi connectivity index (χ2v) is 8.35. The molecule has 0 spiro atoms. The van der Waals surface area contributed by atoms with E-state index in [0.29, 0.717) is 23.6 Å². The highest BCUT2D eigenvalue weighted by molar-refractivity contribution is 5.94. The van der Waals surface area contributed by atoms with Crippen molar-refractivity contribution in [2.24, 2.45) is 0 Å². The first-order chi connectivity index (χ1) is 15.7. The van der Waals surface area contributed by atoms with Crippen LogP contribution in [-0.4, -0.2) is 66.1 Å². The molecular formula is C22H25N7O3. The van der Waals surface area contributed by atoms with Crippen molar-refractivity contribution in [3.63, 3.8) is 0 Å². The van der Waals surface area contributed by atoms with Gasteiger partial charge in [0.1, 0.15) is 17.7 Å². The van der Waals surface area contributed by atoms with Crippen LogP contribution in [0, 0.1) is 0 Å². The fraction of sp³-hybridized carbons (Fsp3) is 0.409. The highest BCUT2D eigenvalue weighted by Gasteiger charge is 2.40. The molecule has 2 atom stereocenters. The van der Waals surface area contributed by atoms with Crippen molar-refractivity contribution in [2.45, 2.75) is 25.2 Å². The second-order valence-electron chi connectivity index (χ2n) is 8.35. The third-order valence-corrected chi connectivity index (χ3v) is 6.12. The van der Waals surface area contributed by atoms with Crippen LogP contribution in [0.25, 0.3) is 11.2 Å². The first kappa shape index (κ1) is 19.3. The fourth-order valence-corrected chi connectivity index (χ4v) is 4.31. The molecule has 2 fully saturated rings. The molecule has 10 heteroatoms. The highest BCUT2D eigenvalue weighted by atomic mass is 16.5. The Morgan fingerprint density at radius 2 is 2.06 bits per heavy atom. The van der Waals surface area contributed by atoms with E-state index < -0.39 is 0 Å². The lowest BCUT2D eigenvalue weighted by atomic mass is 10.1. The summed E-state index contributed by atoms with van der Waals surface area (Å²) in [6.07, 6.45) is 2.32. The number of rotatable bonds is 2. The molecule has 1 saturated heterocycles. The number of imidazole rings is 1. The lowest BCUT2D eigenvalue weighted by molar-refractivity contribution is 0.0997. The van der Waals surface area contributed by atoms with Crippen molar-refractivity contribution in [1.82, 2.24) is 19.9 Å². The molecule has 166 valence electrons. The zero-order valence-corrected chi connectivity index (χ0v) is 17.8. The molecule has 4 bridgehead atoms. The average molecular weight is 435 g/mol. The number of nitrogens with zero attached hydrogens (tertiary/aromatic N) is 4. The number of fused-ring (bicyclic) bond motifs is 4. The van der Waals surface area contributed by atoms with Gasteiger partial charge in [0.05, 0.1) is 37.7 Å². The van der Waals surface area contributed by atoms with Crippen molar-refractivity contribution >= 4 is 40.1 Å². The number of morpholine rings is 1. The molecule has 0 radical (unpaired) electrons. The Labute approximate surface area is 184 Å². The van der Waals surface area contributed by atoms with Crippen LogP contribution in [-0.2, 0) is 16.1 Å². The summed E-state index contributed by atoms with van der Waals surface area (Å²) in [6, 6.07) is 8.03. The molecule has 6 rings (SSSR count). The van der Waals surface area contributed by atoms with Gasteiger partial charge in [-0.15, -0.1) is 0 Å². The summed E-state index contributed by atoms with van der Waals surface area (Å²) in [5.74, 6) is 0.628. The lowest BCUT2D eigenvalue weighted by Crippen LogP contribution is -2.36. The number of hydrogen-bond acceptors (Lipinski definition) is 8. The number of aromatic nitrogens is 3. The molecule has 4 heterocycles. The summed E-state index contributed by atoms with van der Waals surface area (Å²) in [5.41, 5.74) is 5.06. The van der Waals surface area contributed by atoms with E-state index in [1.165, 1.54) is 10.9 Å². The quantitative estimate of drug-likeness (QED) is 0.563. The van der Waals surface area contributed by atoms with Gasteiger partial charge in [-0.05, 0) is 30.2 Å². The summed E-state index contributed by atoms with van der Waals surface area (Å²) in [5, 5.41) is 9.62. The van der Waals surface area contributed by atoms with E-state index >= 15 is 0 Å². The predicted octanol–water partition coefficient (Wildman–Crippen LogP) is 2.28. The van der Waals surface area contributed by atoms with E-state index in [-0.39, 0.29) is 18.2 Å². The molecule has 1 aliphatic carbocycles. The third-order valence-electron chi connectivity index (χ3n) is 6.12. The van der Waals surface area contributed by atoms with Crippen molar-refractivity contribution < 1.29 is 14.3 Å². The van der Waals surface area contributed by atoms with Crippen LogP contribution in [0.4, 0.5) is 27.7 Å². The number of anilines is 4. The largest absolute Gasteiger partial charge is 0.386 e. The van der Waals surface area contributed by atoms with Crippen molar-refractivity contribution in [2.75, 3.05) is 48.9 Å². The predicted molar refractivity (Wildman–Crippen MR) is 121 cm³/mol. The maximum absolute atomic E-state index is 12.8. The Kier molecular flexibility index (Phi) is 4.62. The smallest absolute Gasteiger partial charge is 0.328 e.